The minimum Gasteiger partial charge on any atom is -0.497 e. The Hall–Kier alpha value is -2.54. The Morgan fingerprint density at radius 2 is 2.20 bits per heavy atom. The molecule has 7 nitrogen and oxygen atoms in total. The number of aromatic nitrogens is 1. The van der Waals surface area contributed by atoms with E-state index >= 15 is 0 Å². The van der Waals surface area contributed by atoms with Crippen molar-refractivity contribution in [1.29, 1.82) is 0 Å². The first-order valence-corrected chi connectivity index (χ1v) is 8.46. The van der Waals surface area contributed by atoms with Crippen LogP contribution in [0.25, 0.3) is 10.9 Å². The largest absolute Gasteiger partial charge is 0.497 e. The number of rotatable bonds is 3. The standard InChI is InChI=1S/C18H21N3O4/c1-24-14-3-4-15-12(8-14)7-13(16(22)20-15)9-21-6-2-5-18(11-21)10-19-17(23)25-18/h3-4,7-8H,2,5-6,9-11H2,1H3,(H,19,23)(H,20,22). The summed E-state index contributed by atoms with van der Waals surface area (Å²) in [5, 5.41) is 3.68. The summed E-state index contributed by atoms with van der Waals surface area (Å²) in [5.41, 5.74) is 0.954. The molecular formula is C18H21N3O4. The van der Waals surface area contributed by atoms with Crippen LogP contribution in [0.1, 0.15) is 18.4 Å². The molecule has 2 aliphatic heterocycles. The van der Waals surface area contributed by atoms with Gasteiger partial charge in [0.15, 0.2) is 0 Å². The van der Waals surface area contributed by atoms with Crippen LogP contribution in [0, 0.1) is 0 Å². The Morgan fingerprint density at radius 1 is 1.32 bits per heavy atom. The first kappa shape index (κ1) is 16.0. The second-order valence-electron chi connectivity index (χ2n) is 6.82. The molecule has 1 atom stereocenters. The van der Waals surface area contributed by atoms with E-state index in [4.69, 9.17) is 9.47 Å². The highest BCUT2D eigenvalue weighted by Crippen LogP contribution is 2.29. The Balaban J connectivity index is 1.58. The van der Waals surface area contributed by atoms with Crippen molar-refractivity contribution in [3.8, 4) is 5.75 Å². The highest BCUT2D eigenvalue weighted by molar-refractivity contribution is 5.80. The number of ether oxygens (including phenoxy) is 2. The Bertz CT molecular complexity index is 878. The maximum atomic E-state index is 12.4. The average Bonchev–Trinajstić information content (AvgIpc) is 2.95. The summed E-state index contributed by atoms with van der Waals surface area (Å²) in [6.07, 6.45) is 1.44. The van der Waals surface area contributed by atoms with E-state index < -0.39 is 5.60 Å². The highest BCUT2D eigenvalue weighted by Gasteiger charge is 2.43. The van der Waals surface area contributed by atoms with Crippen LogP contribution in [0.2, 0.25) is 0 Å². The molecule has 1 spiro atoms. The maximum Gasteiger partial charge on any atom is 0.407 e. The van der Waals surface area contributed by atoms with E-state index in [2.05, 4.69) is 15.2 Å². The van der Waals surface area contributed by atoms with E-state index in [1.54, 1.807) is 7.11 Å². The molecule has 4 rings (SSSR count). The zero-order chi connectivity index (χ0) is 17.4. The van der Waals surface area contributed by atoms with Crippen molar-refractivity contribution in [2.45, 2.75) is 25.0 Å². The maximum absolute atomic E-state index is 12.4. The SMILES string of the molecule is COc1ccc2[nH]c(=O)c(CN3CCCC4(CNC(=O)O4)C3)cc2c1. The topological polar surface area (TPSA) is 83.7 Å². The third-order valence-corrected chi connectivity index (χ3v) is 5.00. The van der Waals surface area contributed by atoms with Gasteiger partial charge in [-0.1, -0.05) is 0 Å². The molecule has 2 N–H and O–H groups in total. The number of carbonyl (C=O) groups excluding carboxylic acids is 1. The molecule has 1 aromatic heterocycles. The molecule has 1 unspecified atom stereocenters. The van der Waals surface area contributed by atoms with Crippen molar-refractivity contribution in [2.75, 3.05) is 26.7 Å². The molecular weight excluding hydrogens is 322 g/mol. The van der Waals surface area contributed by atoms with Gasteiger partial charge in [0.25, 0.3) is 5.56 Å². The van der Waals surface area contributed by atoms with Gasteiger partial charge in [-0.05, 0) is 43.7 Å². The highest BCUT2D eigenvalue weighted by atomic mass is 16.6. The van der Waals surface area contributed by atoms with Gasteiger partial charge in [-0.15, -0.1) is 0 Å². The van der Waals surface area contributed by atoms with Gasteiger partial charge in [0.05, 0.1) is 13.7 Å². The number of amides is 1. The van der Waals surface area contributed by atoms with Crippen molar-refractivity contribution < 1.29 is 14.3 Å². The lowest BCUT2D eigenvalue weighted by atomic mass is 9.93. The van der Waals surface area contributed by atoms with Crippen molar-refractivity contribution in [2.24, 2.45) is 0 Å². The van der Waals surface area contributed by atoms with Crippen LogP contribution < -0.4 is 15.6 Å². The van der Waals surface area contributed by atoms with E-state index in [9.17, 15) is 9.59 Å². The van der Waals surface area contributed by atoms with E-state index in [-0.39, 0.29) is 11.7 Å². The molecule has 0 bridgehead atoms. The zero-order valence-corrected chi connectivity index (χ0v) is 14.1. The predicted octanol–water partition coefficient (Wildman–Crippen LogP) is 1.61. The number of fused-ring (bicyclic) bond motifs is 1. The van der Waals surface area contributed by atoms with Crippen LogP contribution in [0.5, 0.6) is 5.75 Å². The number of aromatic amines is 1. The number of H-pyrrole nitrogens is 1. The number of hydrogen-bond donors (Lipinski definition) is 2. The second kappa shape index (κ2) is 6.07. The molecule has 2 saturated heterocycles. The fourth-order valence-corrected chi connectivity index (χ4v) is 3.77. The first-order valence-electron chi connectivity index (χ1n) is 8.46. The summed E-state index contributed by atoms with van der Waals surface area (Å²) in [6, 6.07) is 7.50. The molecule has 1 amide bonds. The summed E-state index contributed by atoms with van der Waals surface area (Å²) in [4.78, 5) is 29.0. The number of piperidine rings is 1. The number of methoxy groups -OCH3 is 1. The fourth-order valence-electron chi connectivity index (χ4n) is 3.77. The van der Waals surface area contributed by atoms with Crippen molar-refractivity contribution >= 4 is 17.0 Å². The third-order valence-electron chi connectivity index (χ3n) is 5.00. The van der Waals surface area contributed by atoms with Crippen molar-refractivity contribution in [3.63, 3.8) is 0 Å². The smallest absolute Gasteiger partial charge is 0.407 e. The minimum absolute atomic E-state index is 0.0844. The summed E-state index contributed by atoms with van der Waals surface area (Å²) in [5.74, 6) is 0.756. The number of nitrogens with one attached hydrogen (secondary N) is 2. The monoisotopic (exact) mass is 343 g/mol. The molecule has 7 heteroatoms. The van der Waals surface area contributed by atoms with Gasteiger partial charge in [0.1, 0.15) is 11.4 Å². The molecule has 2 aliphatic rings. The minimum atomic E-state index is -0.456. The number of benzene rings is 1. The molecule has 3 heterocycles. The molecule has 25 heavy (non-hydrogen) atoms. The lowest BCUT2D eigenvalue weighted by molar-refractivity contribution is -0.0112. The molecule has 0 saturated carbocycles. The van der Waals surface area contributed by atoms with Crippen molar-refractivity contribution in [1.82, 2.24) is 15.2 Å². The number of nitrogens with zero attached hydrogens (tertiary/aromatic N) is 1. The van der Waals surface area contributed by atoms with Crippen molar-refractivity contribution in [3.05, 3.63) is 40.2 Å². The van der Waals surface area contributed by atoms with E-state index in [0.29, 0.717) is 25.2 Å². The normalized spacial score (nSPS) is 23.6. The van der Waals surface area contributed by atoms with Gasteiger partial charge in [0.2, 0.25) is 0 Å². The number of alkyl carbamates (subject to hydrolysis) is 1. The second-order valence-corrected chi connectivity index (χ2v) is 6.82. The molecule has 0 radical (unpaired) electrons. The molecule has 132 valence electrons. The molecule has 2 fully saturated rings. The Morgan fingerprint density at radius 3 is 2.96 bits per heavy atom. The van der Waals surface area contributed by atoms with Crippen LogP contribution in [-0.2, 0) is 11.3 Å². The number of hydrogen-bond acceptors (Lipinski definition) is 5. The van der Waals surface area contributed by atoms with Crippen LogP contribution in [-0.4, -0.2) is 48.3 Å². The van der Waals surface area contributed by atoms with Crippen LogP contribution in [0.15, 0.2) is 29.1 Å². The summed E-state index contributed by atoms with van der Waals surface area (Å²) in [6.45, 7) is 2.59. The van der Waals surface area contributed by atoms with E-state index in [0.717, 1.165) is 36.0 Å². The quantitative estimate of drug-likeness (QED) is 0.885. The van der Waals surface area contributed by atoms with Crippen LogP contribution in [0.4, 0.5) is 4.79 Å². The molecule has 0 aliphatic carbocycles. The Kier molecular flexibility index (Phi) is 3.88. The average molecular weight is 343 g/mol. The van der Waals surface area contributed by atoms with E-state index in [1.807, 2.05) is 24.3 Å². The van der Waals surface area contributed by atoms with Gasteiger partial charge in [-0.2, -0.15) is 0 Å². The first-order chi connectivity index (χ1) is 12.1. The van der Waals surface area contributed by atoms with Crippen LogP contribution >= 0.6 is 0 Å². The summed E-state index contributed by atoms with van der Waals surface area (Å²) < 4.78 is 10.8. The van der Waals surface area contributed by atoms with Gasteiger partial charge in [-0.25, -0.2) is 4.79 Å². The Labute approximate surface area is 144 Å². The number of carbonyl (C=O) groups is 1. The molecule has 2 aromatic rings. The van der Waals surface area contributed by atoms with Crippen LogP contribution in [0.3, 0.4) is 0 Å². The van der Waals surface area contributed by atoms with Gasteiger partial charge in [-0.3, -0.25) is 9.69 Å². The van der Waals surface area contributed by atoms with Gasteiger partial charge >= 0.3 is 6.09 Å². The number of likely N-dealkylation sites (tertiary alicyclic amines) is 1. The number of pyridine rings is 1. The summed E-state index contributed by atoms with van der Waals surface area (Å²) >= 11 is 0. The van der Waals surface area contributed by atoms with Gasteiger partial charge < -0.3 is 19.8 Å². The lowest BCUT2D eigenvalue weighted by Gasteiger charge is -2.38. The zero-order valence-electron chi connectivity index (χ0n) is 14.1. The molecule has 1 aromatic carbocycles. The fraction of sp³-hybridized carbons (Fsp3) is 0.444. The summed E-state index contributed by atoms with van der Waals surface area (Å²) in [7, 11) is 1.62. The lowest BCUT2D eigenvalue weighted by Crippen LogP contribution is -2.50. The van der Waals surface area contributed by atoms with E-state index in [1.165, 1.54) is 0 Å². The van der Waals surface area contributed by atoms with Gasteiger partial charge in [0, 0.05) is 29.6 Å². The predicted molar refractivity (Wildman–Crippen MR) is 92.8 cm³/mol. The third kappa shape index (κ3) is 3.07.